The Bertz CT molecular complexity index is 501. The first-order valence-electron chi connectivity index (χ1n) is 5.87. The molecule has 1 unspecified atom stereocenters. The molecule has 0 amide bonds. The van der Waals surface area contributed by atoms with Crippen molar-refractivity contribution in [3.8, 4) is 11.5 Å². The second-order valence-corrected chi connectivity index (χ2v) is 5.02. The van der Waals surface area contributed by atoms with Gasteiger partial charge in [0.05, 0.1) is 0 Å². The number of aromatic nitrogens is 2. The number of likely N-dealkylation sites (N-methyl/N-ethyl adjacent to an activating group) is 1. The molecule has 4 nitrogen and oxygen atoms in total. The number of nitrogens with one attached hydrogen (secondary N) is 1. The van der Waals surface area contributed by atoms with Crippen LogP contribution in [0.4, 0.5) is 0 Å². The van der Waals surface area contributed by atoms with Crippen molar-refractivity contribution in [1.82, 2.24) is 15.5 Å². The van der Waals surface area contributed by atoms with Gasteiger partial charge in [-0.2, -0.15) is 4.98 Å². The van der Waals surface area contributed by atoms with E-state index in [1.54, 1.807) is 11.8 Å². The van der Waals surface area contributed by atoms with Gasteiger partial charge < -0.3 is 9.84 Å². The Balaban J connectivity index is 0.00000180. The Kier molecular flexibility index (Phi) is 6.34. The minimum Gasteiger partial charge on any atom is -0.334 e. The van der Waals surface area contributed by atoms with Crippen LogP contribution in [0.1, 0.15) is 12.7 Å². The van der Waals surface area contributed by atoms with Crippen molar-refractivity contribution in [3.05, 3.63) is 30.1 Å². The second kappa shape index (κ2) is 7.53. The zero-order valence-corrected chi connectivity index (χ0v) is 12.8. The van der Waals surface area contributed by atoms with Crippen molar-refractivity contribution in [2.45, 2.75) is 24.3 Å². The van der Waals surface area contributed by atoms with Gasteiger partial charge in [-0.05, 0) is 44.5 Å². The van der Waals surface area contributed by atoms with Gasteiger partial charge in [0.2, 0.25) is 0 Å². The van der Waals surface area contributed by atoms with Gasteiger partial charge >= 0.3 is 0 Å². The third kappa shape index (κ3) is 4.23. The molecule has 0 fully saturated rings. The van der Waals surface area contributed by atoms with Crippen molar-refractivity contribution < 1.29 is 4.52 Å². The van der Waals surface area contributed by atoms with E-state index in [9.17, 15) is 0 Å². The maximum Gasteiger partial charge on any atom is 0.257 e. The molecule has 0 aliphatic rings. The van der Waals surface area contributed by atoms with Gasteiger partial charge in [-0.1, -0.05) is 5.16 Å². The van der Waals surface area contributed by atoms with Crippen LogP contribution < -0.4 is 5.32 Å². The Hall–Kier alpha value is -1.04. The van der Waals surface area contributed by atoms with Crippen LogP contribution in [0, 0.1) is 0 Å². The van der Waals surface area contributed by atoms with Gasteiger partial charge in [0.1, 0.15) is 0 Å². The lowest BCUT2D eigenvalue weighted by molar-refractivity contribution is 0.418. The average molecular weight is 300 g/mol. The Morgan fingerprint density at radius 1 is 1.32 bits per heavy atom. The lowest BCUT2D eigenvalue weighted by Gasteiger charge is -2.04. The lowest BCUT2D eigenvalue weighted by atomic mass is 10.2. The zero-order valence-electron chi connectivity index (χ0n) is 11.2. The van der Waals surface area contributed by atoms with E-state index in [1.807, 2.05) is 19.2 Å². The third-order valence-corrected chi connectivity index (χ3v) is 3.53. The molecular weight excluding hydrogens is 282 g/mol. The molecule has 0 radical (unpaired) electrons. The average Bonchev–Trinajstić information content (AvgIpc) is 2.87. The second-order valence-electron chi connectivity index (χ2n) is 4.14. The van der Waals surface area contributed by atoms with E-state index in [1.165, 1.54) is 4.90 Å². The first-order chi connectivity index (χ1) is 8.72. The van der Waals surface area contributed by atoms with Gasteiger partial charge in [-0.15, -0.1) is 24.2 Å². The SMILES string of the molecule is CNC(C)Cc1noc(-c2ccc(SC)cc2)n1.Cl. The largest absolute Gasteiger partial charge is 0.334 e. The van der Waals surface area contributed by atoms with Crippen LogP contribution in [-0.2, 0) is 6.42 Å². The molecule has 0 saturated carbocycles. The summed E-state index contributed by atoms with van der Waals surface area (Å²) in [7, 11) is 1.92. The molecule has 0 aliphatic carbocycles. The summed E-state index contributed by atoms with van der Waals surface area (Å²) >= 11 is 1.71. The van der Waals surface area contributed by atoms with E-state index in [2.05, 4.69) is 40.8 Å². The molecule has 2 aromatic rings. The molecule has 1 aromatic carbocycles. The zero-order chi connectivity index (χ0) is 13.0. The van der Waals surface area contributed by atoms with E-state index in [-0.39, 0.29) is 12.4 Å². The Labute approximate surface area is 123 Å². The normalized spacial score (nSPS) is 11.9. The summed E-state index contributed by atoms with van der Waals surface area (Å²) in [4.78, 5) is 5.62. The van der Waals surface area contributed by atoms with Crippen LogP contribution in [0.25, 0.3) is 11.5 Å². The predicted molar refractivity (Wildman–Crippen MR) is 81.0 cm³/mol. The van der Waals surface area contributed by atoms with Crippen molar-refractivity contribution in [1.29, 1.82) is 0 Å². The first-order valence-corrected chi connectivity index (χ1v) is 7.09. The molecule has 19 heavy (non-hydrogen) atoms. The van der Waals surface area contributed by atoms with E-state index in [4.69, 9.17) is 4.52 Å². The van der Waals surface area contributed by atoms with Gasteiger partial charge in [0.15, 0.2) is 5.82 Å². The minimum absolute atomic E-state index is 0. The summed E-state index contributed by atoms with van der Waals surface area (Å²) in [6.45, 7) is 2.09. The molecule has 2 rings (SSSR count). The van der Waals surface area contributed by atoms with E-state index >= 15 is 0 Å². The maximum absolute atomic E-state index is 5.27. The number of benzene rings is 1. The first kappa shape index (κ1) is 16.0. The Morgan fingerprint density at radius 2 is 2.00 bits per heavy atom. The van der Waals surface area contributed by atoms with Crippen LogP contribution in [0.5, 0.6) is 0 Å². The molecule has 1 atom stereocenters. The van der Waals surface area contributed by atoms with Crippen molar-refractivity contribution in [2.75, 3.05) is 13.3 Å². The van der Waals surface area contributed by atoms with Gasteiger partial charge in [0, 0.05) is 22.9 Å². The summed E-state index contributed by atoms with van der Waals surface area (Å²) in [6, 6.07) is 8.46. The van der Waals surface area contributed by atoms with Gasteiger partial charge in [-0.3, -0.25) is 0 Å². The summed E-state index contributed by atoms with van der Waals surface area (Å²) in [6.07, 6.45) is 2.82. The fraction of sp³-hybridized carbons (Fsp3) is 0.385. The van der Waals surface area contributed by atoms with Gasteiger partial charge in [-0.25, -0.2) is 0 Å². The molecule has 1 heterocycles. The van der Waals surface area contributed by atoms with Crippen LogP contribution in [0.3, 0.4) is 0 Å². The standard InChI is InChI=1S/C13H17N3OS.ClH/c1-9(14-2)8-12-15-13(17-16-12)10-4-6-11(18-3)7-5-10;/h4-7,9,14H,8H2,1-3H3;1H. The predicted octanol–water partition coefficient (Wildman–Crippen LogP) is 3.03. The number of nitrogens with zero attached hydrogens (tertiary/aromatic N) is 2. The van der Waals surface area contributed by atoms with Crippen molar-refractivity contribution in [2.24, 2.45) is 0 Å². The van der Waals surface area contributed by atoms with Crippen LogP contribution in [-0.4, -0.2) is 29.5 Å². The molecule has 104 valence electrons. The van der Waals surface area contributed by atoms with Crippen molar-refractivity contribution in [3.63, 3.8) is 0 Å². The summed E-state index contributed by atoms with van der Waals surface area (Å²) in [5.74, 6) is 1.32. The fourth-order valence-corrected chi connectivity index (χ4v) is 1.97. The van der Waals surface area contributed by atoms with E-state index < -0.39 is 0 Å². The van der Waals surface area contributed by atoms with E-state index in [0.717, 1.165) is 17.8 Å². The maximum atomic E-state index is 5.27. The van der Waals surface area contributed by atoms with E-state index in [0.29, 0.717) is 11.9 Å². The van der Waals surface area contributed by atoms with Crippen LogP contribution in [0.2, 0.25) is 0 Å². The molecule has 0 saturated heterocycles. The number of hydrogen-bond acceptors (Lipinski definition) is 5. The Morgan fingerprint density at radius 3 is 2.58 bits per heavy atom. The molecule has 0 spiro atoms. The minimum atomic E-state index is 0. The number of thioether (sulfide) groups is 1. The highest BCUT2D eigenvalue weighted by Gasteiger charge is 2.10. The fourth-order valence-electron chi connectivity index (χ4n) is 1.56. The number of rotatable bonds is 5. The quantitative estimate of drug-likeness (QED) is 0.860. The smallest absolute Gasteiger partial charge is 0.257 e. The summed E-state index contributed by atoms with van der Waals surface area (Å²) < 4.78 is 5.27. The monoisotopic (exact) mass is 299 g/mol. The topological polar surface area (TPSA) is 51.0 Å². The molecule has 0 bridgehead atoms. The molecular formula is C13H18ClN3OS. The number of halogens is 1. The highest BCUT2D eigenvalue weighted by atomic mass is 35.5. The number of hydrogen-bond donors (Lipinski definition) is 1. The van der Waals surface area contributed by atoms with Gasteiger partial charge in [0.25, 0.3) is 5.89 Å². The summed E-state index contributed by atoms with van der Waals surface area (Å²) in [5, 5.41) is 7.14. The molecule has 1 N–H and O–H groups in total. The van der Waals surface area contributed by atoms with Crippen LogP contribution >= 0.6 is 24.2 Å². The van der Waals surface area contributed by atoms with Crippen molar-refractivity contribution >= 4 is 24.2 Å². The van der Waals surface area contributed by atoms with Crippen LogP contribution in [0.15, 0.2) is 33.7 Å². The molecule has 0 aliphatic heterocycles. The lowest BCUT2D eigenvalue weighted by Crippen LogP contribution is -2.24. The summed E-state index contributed by atoms with van der Waals surface area (Å²) in [5.41, 5.74) is 0.962. The highest BCUT2D eigenvalue weighted by molar-refractivity contribution is 7.98. The highest BCUT2D eigenvalue weighted by Crippen LogP contribution is 2.21. The molecule has 6 heteroatoms. The molecule has 1 aromatic heterocycles. The third-order valence-electron chi connectivity index (χ3n) is 2.79.